The van der Waals surface area contributed by atoms with Gasteiger partial charge < -0.3 is 14.8 Å². The van der Waals surface area contributed by atoms with E-state index in [1.54, 1.807) is 38.3 Å². The number of methoxy groups -OCH3 is 1. The van der Waals surface area contributed by atoms with Crippen molar-refractivity contribution in [2.45, 2.75) is 13.0 Å². The van der Waals surface area contributed by atoms with Crippen molar-refractivity contribution in [3.8, 4) is 11.5 Å². The van der Waals surface area contributed by atoms with Crippen LogP contribution < -0.4 is 14.8 Å². The van der Waals surface area contributed by atoms with Crippen LogP contribution in [-0.4, -0.2) is 19.1 Å². The second kappa shape index (κ2) is 6.74. The average molecular weight is 289 g/mol. The summed E-state index contributed by atoms with van der Waals surface area (Å²) in [6.45, 7) is 1.62. The molecule has 0 aliphatic carbocycles. The van der Waals surface area contributed by atoms with Crippen LogP contribution in [0.25, 0.3) is 0 Å². The summed E-state index contributed by atoms with van der Waals surface area (Å²) in [6.07, 6.45) is -0.707. The molecule has 1 N–H and O–H groups in total. The summed E-state index contributed by atoms with van der Waals surface area (Å²) in [4.78, 5) is 12.0. The third-order valence-corrected chi connectivity index (χ3v) is 2.83. The van der Waals surface area contributed by atoms with Gasteiger partial charge in [0, 0.05) is 11.8 Å². The molecule has 21 heavy (non-hydrogen) atoms. The van der Waals surface area contributed by atoms with E-state index >= 15 is 0 Å². The fourth-order valence-corrected chi connectivity index (χ4v) is 1.72. The molecule has 2 aromatic carbocycles. The molecular formula is C16H16FNO3. The van der Waals surface area contributed by atoms with E-state index in [1.807, 2.05) is 0 Å². The number of halogens is 1. The minimum absolute atomic E-state index is 0.299. The second-order valence-electron chi connectivity index (χ2n) is 4.44. The maximum absolute atomic E-state index is 12.8. The van der Waals surface area contributed by atoms with Crippen LogP contribution in [0, 0.1) is 5.82 Å². The standard InChI is InChI=1S/C16H16FNO3/c1-11(21-14-8-6-12(17)7-9-14)16(19)18-13-4-3-5-15(10-13)20-2/h3-11H,1-2H3,(H,18,19)/t11-/m0/s1. The third kappa shape index (κ3) is 4.21. The van der Waals surface area contributed by atoms with Crippen molar-refractivity contribution in [3.05, 3.63) is 54.3 Å². The Balaban J connectivity index is 1.97. The molecule has 0 spiro atoms. The molecule has 0 aliphatic heterocycles. The van der Waals surface area contributed by atoms with Gasteiger partial charge in [-0.3, -0.25) is 4.79 Å². The monoisotopic (exact) mass is 289 g/mol. The fraction of sp³-hybridized carbons (Fsp3) is 0.188. The topological polar surface area (TPSA) is 47.6 Å². The molecule has 5 heteroatoms. The highest BCUT2D eigenvalue weighted by molar-refractivity contribution is 5.94. The lowest BCUT2D eigenvalue weighted by Crippen LogP contribution is -2.30. The minimum Gasteiger partial charge on any atom is -0.497 e. The van der Waals surface area contributed by atoms with Crippen molar-refractivity contribution in [1.82, 2.24) is 0 Å². The van der Waals surface area contributed by atoms with Gasteiger partial charge in [-0.25, -0.2) is 4.39 Å². The smallest absolute Gasteiger partial charge is 0.265 e. The molecule has 0 heterocycles. The van der Waals surface area contributed by atoms with Gasteiger partial charge in [0.25, 0.3) is 5.91 Å². The van der Waals surface area contributed by atoms with Crippen LogP contribution in [0.15, 0.2) is 48.5 Å². The Morgan fingerprint density at radius 3 is 2.52 bits per heavy atom. The van der Waals surface area contributed by atoms with Gasteiger partial charge in [0.15, 0.2) is 6.10 Å². The summed E-state index contributed by atoms with van der Waals surface area (Å²) in [5.41, 5.74) is 0.619. The van der Waals surface area contributed by atoms with Crippen molar-refractivity contribution in [3.63, 3.8) is 0 Å². The first-order valence-electron chi connectivity index (χ1n) is 6.45. The summed E-state index contributed by atoms with van der Waals surface area (Å²) in [6, 6.07) is 12.5. The molecule has 2 rings (SSSR count). The van der Waals surface area contributed by atoms with E-state index in [4.69, 9.17) is 9.47 Å². The number of nitrogens with one attached hydrogen (secondary N) is 1. The number of hydrogen-bond acceptors (Lipinski definition) is 3. The minimum atomic E-state index is -0.707. The number of benzene rings is 2. The molecule has 0 saturated heterocycles. The van der Waals surface area contributed by atoms with Crippen molar-refractivity contribution in [1.29, 1.82) is 0 Å². The van der Waals surface area contributed by atoms with Crippen LogP contribution in [0.4, 0.5) is 10.1 Å². The average Bonchev–Trinajstić information content (AvgIpc) is 2.49. The number of anilines is 1. The first-order valence-corrected chi connectivity index (χ1v) is 6.45. The van der Waals surface area contributed by atoms with Gasteiger partial charge in [-0.1, -0.05) is 6.07 Å². The van der Waals surface area contributed by atoms with Crippen molar-refractivity contribution < 1.29 is 18.7 Å². The SMILES string of the molecule is COc1cccc(NC(=O)[C@H](C)Oc2ccc(F)cc2)c1. The van der Waals surface area contributed by atoms with Gasteiger partial charge in [0.1, 0.15) is 17.3 Å². The van der Waals surface area contributed by atoms with Gasteiger partial charge in [0.2, 0.25) is 0 Å². The quantitative estimate of drug-likeness (QED) is 0.919. The highest BCUT2D eigenvalue weighted by Crippen LogP contribution is 2.18. The number of carbonyl (C=O) groups excluding carboxylic acids is 1. The van der Waals surface area contributed by atoms with Crippen LogP contribution in [0.3, 0.4) is 0 Å². The van der Waals surface area contributed by atoms with E-state index in [0.717, 1.165) is 0 Å². The Morgan fingerprint density at radius 1 is 1.14 bits per heavy atom. The first kappa shape index (κ1) is 14.8. The Kier molecular flexibility index (Phi) is 4.77. The number of rotatable bonds is 5. The molecule has 2 aromatic rings. The number of amides is 1. The van der Waals surface area contributed by atoms with E-state index in [9.17, 15) is 9.18 Å². The van der Waals surface area contributed by atoms with Crippen molar-refractivity contribution in [2.75, 3.05) is 12.4 Å². The van der Waals surface area contributed by atoms with Crippen LogP contribution in [0.2, 0.25) is 0 Å². The summed E-state index contributed by atoms with van der Waals surface area (Å²) in [5.74, 6) is 0.438. The fourth-order valence-electron chi connectivity index (χ4n) is 1.72. The molecule has 0 aliphatic rings. The molecule has 0 aromatic heterocycles. The maximum Gasteiger partial charge on any atom is 0.265 e. The van der Waals surface area contributed by atoms with E-state index in [2.05, 4.69) is 5.32 Å². The molecule has 1 atom stereocenters. The zero-order chi connectivity index (χ0) is 15.2. The molecule has 0 radical (unpaired) electrons. The normalized spacial score (nSPS) is 11.6. The molecule has 110 valence electrons. The van der Waals surface area contributed by atoms with Gasteiger partial charge in [-0.05, 0) is 43.3 Å². The molecule has 0 fully saturated rings. The zero-order valence-corrected chi connectivity index (χ0v) is 11.8. The first-order chi connectivity index (χ1) is 10.1. The summed E-state index contributed by atoms with van der Waals surface area (Å²) < 4.78 is 23.3. The highest BCUT2D eigenvalue weighted by Gasteiger charge is 2.15. The number of carbonyl (C=O) groups is 1. The Bertz CT molecular complexity index is 613. The molecule has 1 amide bonds. The van der Waals surface area contributed by atoms with E-state index in [0.29, 0.717) is 17.2 Å². The molecule has 4 nitrogen and oxygen atoms in total. The molecule has 0 bridgehead atoms. The molecule has 0 unspecified atom stereocenters. The van der Waals surface area contributed by atoms with Gasteiger partial charge in [-0.15, -0.1) is 0 Å². The summed E-state index contributed by atoms with van der Waals surface area (Å²) in [5, 5.41) is 2.73. The second-order valence-corrected chi connectivity index (χ2v) is 4.44. The predicted octanol–water partition coefficient (Wildman–Crippen LogP) is 3.24. The Morgan fingerprint density at radius 2 is 1.86 bits per heavy atom. The van der Waals surface area contributed by atoms with Gasteiger partial charge in [-0.2, -0.15) is 0 Å². The van der Waals surface area contributed by atoms with Gasteiger partial charge >= 0.3 is 0 Å². The van der Waals surface area contributed by atoms with E-state index in [1.165, 1.54) is 24.3 Å². The lowest BCUT2D eigenvalue weighted by Gasteiger charge is -2.15. The Labute approximate surface area is 122 Å². The lowest BCUT2D eigenvalue weighted by molar-refractivity contribution is -0.122. The summed E-state index contributed by atoms with van der Waals surface area (Å²) >= 11 is 0. The highest BCUT2D eigenvalue weighted by atomic mass is 19.1. The molecular weight excluding hydrogens is 273 g/mol. The molecule has 0 saturated carbocycles. The van der Waals surface area contributed by atoms with Gasteiger partial charge in [0.05, 0.1) is 7.11 Å². The largest absolute Gasteiger partial charge is 0.497 e. The van der Waals surface area contributed by atoms with Crippen LogP contribution >= 0.6 is 0 Å². The summed E-state index contributed by atoms with van der Waals surface area (Å²) in [7, 11) is 1.56. The Hall–Kier alpha value is -2.56. The zero-order valence-electron chi connectivity index (χ0n) is 11.8. The number of hydrogen-bond donors (Lipinski definition) is 1. The third-order valence-electron chi connectivity index (χ3n) is 2.83. The maximum atomic E-state index is 12.8. The van der Waals surface area contributed by atoms with Crippen LogP contribution in [0.5, 0.6) is 11.5 Å². The van der Waals surface area contributed by atoms with E-state index < -0.39 is 6.10 Å². The lowest BCUT2D eigenvalue weighted by atomic mass is 10.2. The van der Waals surface area contributed by atoms with Crippen molar-refractivity contribution >= 4 is 11.6 Å². The van der Waals surface area contributed by atoms with Crippen molar-refractivity contribution in [2.24, 2.45) is 0 Å². The number of ether oxygens (including phenoxy) is 2. The van der Waals surface area contributed by atoms with E-state index in [-0.39, 0.29) is 11.7 Å². The predicted molar refractivity (Wildman–Crippen MR) is 78.1 cm³/mol. The van der Waals surface area contributed by atoms with Crippen LogP contribution in [-0.2, 0) is 4.79 Å². The van der Waals surface area contributed by atoms with Crippen LogP contribution in [0.1, 0.15) is 6.92 Å².